The van der Waals surface area contributed by atoms with E-state index in [1.54, 1.807) is 0 Å². The quantitative estimate of drug-likeness (QED) is 0.475. The maximum atomic E-state index is 12.0. The second-order valence-electron chi connectivity index (χ2n) is 2.62. The molecular formula is C8H5F2NO4. The number of nitro benzene ring substituents is 1. The van der Waals surface area contributed by atoms with Crippen LogP contribution < -0.4 is 0 Å². The number of rotatable bonds is 3. The van der Waals surface area contributed by atoms with Crippen molar-refractivity contribution >= 4 is 11.5 Å². The van der Waals surface area contributed by atoms with Crippen LogP contribution in [0.3, 0.4) is 0 Å². The Morgan fingerprint density at radius 3 is 2.53 bits per heavy atom. The number of hydrogen-bond acceptors (Lipinski definition) is 4. The number of hydrogen-bond donors (Lipinski definition) is 1. The first kappa shape index (κ1) is 11.0. The zero-order chi connectivity index (χ0) is 11.6. The Morgan fingerprint density at radius 1 is 1.47 bits per heavy atom. The molecule has 15 heavy (non-hydrogen) atoms. The van der Waals surface area contributed by atoms with E-state index in [1.807, 2.05) is 0 Å². The zero-order valence-electron chi connectivity index (χ0n) is 7.18. The van der Waals surface area contributed by atoms with Crippen molar-refractivity contribution in [3.8, 4) is 5.75 Å². The molecule has 0 aliphatic heterocycles. The zero-order valence-corrected chi connectivity index (χ0v) is 7.18. The van der Waals surface area contributed by atoms with Crippen LogP contribution in [0.15, 0.2) is 18.2 Å². The molecule has 0 atom stereocenters. The van der Waals surface area contributed by atoms with Crippen LogP contribution >= 0.6 is 0 Å². The number of phenolic OH excluding ortho intramolecular Hbond substituents is 1. The molecule has 7 heteroatoms. The van der Waals surface area contributed by atoms with Crippen molar-refractivity contribution in [1.29, 1.82) is 0 Å². The second kappa shape index (κ2) is 3.99. The minimum Gasteiger partial charge on any atom is -0.508 e. The topological polar surface area (TPSA) is 80.4 Å². The predicted octanol–water partition coefficient (Wildman–Crippen LogP) is 1.75. The molecule has 0 heterocycles. The number of nitrogens with zero attached hydrogens (tertiary/aromatic N) is 1. The van der Waals surface area contributed by atoms with Gasteiger partial charge in [-0.05, 0) is 12.1 Å². The molecule has 1 N–H and O–H groups in total. The normalized spacial score (nSPS) is 10.3. The molecule has 0 saturated carbocycles. The molecule has 0 fully saturated rings. The summed E-state index contributed by atoms with van der Waals surface area (Å²) in [7, 11) is 0. The van der Waals surface area contributed by atoms with Crippen LogP contribution in [0, 0.1) is 10.1 Å². The summed E-state index contributed by atoms with van der Waals surface area (Å²) in [6.07, 6.45) is -3.34. The SMILES string of the molecule is O=C(c1cc(O)ccc1[N+](=O)[O-])C(F)F. The molecule has 0 aliphatic rings. The molecule has 0 spiro atoms. The van der Waals surface area contributed by atoms with Crippen molar-refractivity contribution in [2.45, 2.75) is 6.43 Å². The maximum Gasteiger partial charge on any atom is 0.300 e. The van der Waals surface area contributed by atoms with E-state index in [1.165, 1.54) is 0 Å². The highest BCUT2D eigenvalue weighted by Gasteiger charge is 2.26. The lowest BCUT2D eigenvalue weighted by molar-refractivity contribution is -0.385. The molecule has 1 aromatic carbocycles. The van der Waals surface area contributed by atoms with E-state index in [4.69, 9.17) is 5.11 Å². The highest BCUT2D eigenvalue weighted by Crippen LogP contribution is 2.25. The highest BCUT2D eigenvalue weighted by molar-refractivity contribution is 6.02. The molecule has 0 aliphatic carbocycles. The minimum absolute atomic E-state index is 0.482. The summed E-state index contributed by atoms with van der Waals surface area (Å²) in [6.45, 7) is 0. The predicted molar refractivity (Wildman–Crippen MR) is 45.1 cm³/mol. The van der Waals surface area contributed by atoms with E-state index in [2.05, 4.69) is 0 Å². The Kier molecular flexibility index (Phi) is 2.93. The van der Waals surface area contributed by atoms with Gasteiger partial charge in [-0.1, -0.05) is 0 Å². The van der Waals surface area contributed by atoms with E-state index in [0.717, 1.165) is 12.1 Å². The number of benzene rings is 1. The third-order valence-electron chi connectivity index (χ3n) is 1.64. The third kappa shape index (κ3) is 2.25. The van der Waals surface area contributed by atoms with Crippen LogP contribution in [0.25, 0.3) is 0 Å². The molecule has 0 saturated heterocycles. The van der Waals surface area contributed by atoms with E-state index >= 15 is 0 Å². The Bertz CT molecular complexity index is 419. The summed E-state index contributed by atoms with van der Waals surface area (Å²) in [5.41, 5.74) is -1.55. The van der Waals surface area contributed by atoms with E-state index < -0.39 is 34.1 Å². The van der Waals surface area contributed by atoms with Gasteiger partial charge in [0.25, 0.3) is 5.69 Å². The molecular weight excluding hydrogens is 212 g/mol. The third-order valence-corrected chi connectivity index (χ3v) is 1.64. The lowest BCUT2D eigenvalue weighted by atomic mass is 10.1. The number of nitro groups is 1. The van der Waals surface area contributed by atoms with E-state index in [9.17, 15) is 23.7 Å². The smallest absolute Gasteiger partial charge is 0.300 e. The number of ketones is 1. The minimum atomic E-state index is -3.34. The number of Topliss-reactive ketones (excluding diaryl/α,β-unsaturated/α-hetero) is 1. The molecule has 1 aromatic rings. The molecule has 0 radical (unpaired) electrons. The molecule has 0 amide bonds. The van der Waals surface area contributed by atoms with Gasteiger partial charge in [0.2, 0.25) is 5.78 Å². The summed E-state index contributed by atoms with van der Waals surface area (Å²) in [5.74, 6) is -2.16. The van der Waals surface area contributed by atoms with Crippen molar-refractivity contribution in [3.05, 3.63) is 33.9 Å². The van der Waals surface area contributed by atoms with Gasteiger partial charge in [-0.2, -0.15) is 0 Å². The monoisotopic (exact) mass is 217 g/mol. The molecule has 0 unspecified atom stereocenters. The first-order valence-corrected chi connectivity index (χ1v) is 3.73. The Balaban J connectivity index is 3.30. The first-order valence-electron chi connectivity index (χ1n) is 3.73. The van der Waals surface area contributed by atoms with Crippen LogP contribution in [0.5, 0.6) is 5.75 Å². The first-order chi connectivity index (χ1) is 6.93. The summed E-state index contributed by atoms with van der Waals surface area (Å²) in [6, 6.07) is 2.39. The van der Waals surface area contributed by atoms with Gasteiger partial charge in [0.05, 0.1) is 4.92 Å². The standard InChI is InChI=1S/C8H5F2NO4/c9-8(10)7(13)5-3-4(12)1-2-6(5)11(14)15/h1-3,8,12H. The number of alkyl halides is 2. The Labute approximate surface area is 82.1 Å². The van der Waals surface area contributed by atoms with Crippen LogP contribution in [0.2, 0.25) is 0 Å². The van der Waals surface area contributed by atoms with Gasteiger partial charge in [0.1, 0.15) is 11.3 Å². The van der Waals surface area contributed by atoms with Crippen molar-refractivity contribution in [1.82, 2.24) is 0 Å². The molecule has 0 bridgehead atoms. The lowest BCUT2D eigenvalue weighted by Gasteiger charge is -2.01. The molecule has 0 aromatic heterocycles. The van der Waals surface area contributed by atoms with Crippen molar-refractivity contribution in [2.75, 3.05) is 0 Å². The fraction of sp³-hybridized carbons (Fsp3) is 0.125. The number of carbonyl (C=O) groups is 1. The summed E-state index contributed by atoms with van der Waals surface area (Å²) >= 11 is 0. The summed E-state index contributed by atoms with van der Waals surface area (Å²) < 4.78 is 24.1. The fourth-order valence-corrected chi connectivity index (χ4v) is 0.998. The molecule has 1 rings (SSSR count). The van der Waals surface area contributed by atoms with Gasteiger partial charge in [0.15, 0.2) is 0 Å². The lowest BCUT2D eigenvalue weighted by Crippen LogP contribution is -2.12. The van der Waals surface area contributed by atoms with E-state index in [-0.39, 0.29) is 0 Å². The van der Waals surface area contributed by atoms with Gasteiger partial charge in [-0.25, -0.2) is 8.78 Å². The molecule has 80 valence electrons. The average molecular weight is 217 g/mol. The summed E-state index contributed by atoms with van der Waals surface area (Å²) in [5, 5.41) is 19.3. The van der Waals surface area contributed by atoms with Gasteiger partial charge < -0.3 is 5.11 Å². The number of phenols is 1. The number of aromatic hydroxyl groups is 1. The van der Waals surface area contributed by atoms with Crippen LogP contribution in [0.4, 0.5) is 14.5 Å². The van der Waals surface area contributed by atoms with Gasteiger partial charge in [0, 0.05) is 6.07 Å². The number of halogens is 2. The van der Waals surface area contributed by atoms with Gasteiger partial charge >= 0.3 is 6.43 Å². The summed E-state index contributed by atoms with van der Waals surface area (Å²) in [4.78, 5) is 20.3. The fourth-order valence-electron chi connectivity index (χ4n) is 0.998. The Morgan fingerprint density at radius 2 is 2.07 bits per heavy atom. The van der Waals surface area contributed by atoms with Crippen molar-refractivity contribution < 1.29 is 23.6 Å². The van der Waals surface area contributed by atoms with Gasteiger partial charge in [-0.15, -0.1) is 0 Å². The second-order valence-corrected chi connectivity index (χ2v) is 2.62. The highest BCUT2D eigenvalue weighted by atomic mass is 19.3. The largest absolute Gasteiger partial charge is 0.508 e. The van der Waals surface area contributed by atoms with E-state index in [0.29, 0.717) is 6.07 Å². The van der Waals surface area contributed by atoms with Crippen molar-refractivity contribution in [2.24, 2.45) is 0 Å². The van der Waals surface area contributed by atoms with Gasteiger partial charge in [-0.3, -0.25) is 14.9 Å². The van der Waals surface area contributed by atoms with Crippen molar-refractivity contribution in [3.63, 3.8) is 0 Å². The van der Waals surface area contributed by atoms with Crippen LogP contribution in [0.1, 0.15) is 10.4 Å². The average Bonchev–Trinajstić information content (AvgIpc) is 2.15. The number of carbonyl (C=O) groups excluding carboxylic acids is 1. The van der Waals surface area contributed by atoms with Crippen LogP contribution in [-0.2, 0) is 0 Å². The Hall–Kier alpha value is -2.05. The maximum absolute atomic E-state index is 12.0. The van der Waals surface area contributed by atoms with Crippen LogP contribution in [-0.4, -0.2) is 22.2 Å². The molecule has 5 nitrogen and oxygen atoms in total.